The van der Waals surface area contributed by atoms with Crippen LogP contribution in [-0.4, -0.2) is 10.9 Å². The highest BCUT2D eigenvalue weighted by atomic mass is 32.2. The molecule has 2 rings (SSSR count). The van der Waals surface area contributed by atoms with E-state index < -0.39 is 0 Å². The van der Waals surface area contributed by atoms with Crippen molar-refractivity contribution in [1.82, 2.24) is 4.98 Å². The summed E-state index contributed by atoms with van der Waals surface area (Å²) in [5.41, 5.74) is 1.17. The number of anilines is 1. The minimum absolute atomic E-state index is 0.987. The van der Waals surface area contributed by atoms with Gasteiger partial charge in [0, 0.05) is 11.1 Å². The summed E-state index contributed by atoms with van der Waals surface area (Å²) >= 11 is 1.82. The lowest BCUT2D eigenvalue weighted by atomic mass is 10.4. The Balaban J connectivity index is 2.54. The molecule has 0 amide bonds. The van der Waals surface area contributed by atoms with Crippen LogP contribution in [0.4, 0.5) is 5.69 Å². The predicted octanol–water partition coefficient (Wildman–Crippen LogP) is 1.56. The first-order valence-corrected chi connectivity index (χ1v) is 3.76. The van der Waals surface area contributed by atoms with Crippen molar-refractivity contribution in [3.8, 4) is 0 Å². The molecule has 46 valence electrons. The summed E-state index contributed by atoms with van der Waals surface area (Å²) in [6.07, 6.45) is 3.67. The Morgan fingerprint density at radius 2 is 2.67 bits per heavy atom. The molecule has 1 aliphatic rings. The van der Waals surface area contributed by atoms with Gasteiger partial charge in [-0.1, -0.05) is 0 Å². The van der Waals surface area contributed by atoms with Gasteiger partial charge in [0.05, 0.1) is 17.8 Å². The van der Waals surface area contributed by atoms with E-state index in [9.17, 15) is 0 Å². The third-order valence-electron chi connectivity index (χ3n) is 1.27. The fraction of sp³-hybridized carbons (Fsp3) is 0.167. The minimum atomic E-state index is 0.987. The van der Waals surface area contributed by atoms with E-state index in [1.54, 1.807) is 0 Å². The van der Waals surface area contributed by atoms with E-state index in [1.165, 1.54) is 10.6 Å². The molecule has 0 aromatic carbocycles. The summed E-state index contributed by atoms with van der Waals surface area (Å²) in [5.74, 6) is 0.987. The predicted molar refractivity (Wildman–Crippen MR) is 38.6 cm³/mol. The number of hydrogen-bond donors (Lipinski definition) is 1. The number of aromatic nitrogens is 1. The molecule has 0 spiro atoms. The summed E-state index contributed by atoms with van der Waals surface area (Å²) in [4.78, 5) is 5.29. The van der Waals surface area contributed by atoms with Crippen LogP contribution in [0, 0.1) is 0 Å². The number of thioether (sulfide) groups is 1. The van der Waals surface area contributed by atoms with Crippen LogP contribution in [0.1, 0.15) is 0 Å². The second kappa shape index (κ2) is 1.92. The van der Waals surface area contributed by atoms with Crippen molar-refractivity contribution in [2.75, 3.05) is 11.2 Å². The molecular formula is C6H6N2S. The molecule has 0 unspecified atom stereocenters. The fourth-order valence-corrected chi connectivity index (χ4v) is 1.65. The lowest BCUT2D eigenvalue weighted by Crippen LogP contribution is -1.87. The third kappa shape index (κ3) is 0.772. The van der Waals surface area contributed by atoms with Crippen molar-refractivity contribution >= 4 is 17.4 Å². The molecule has 0 saturated heterocycles. The second-order valence-corrected chi connectivity index (χ2v) is 2.85. The highest BCUT2D eigenvalue weighted by Crippen LogP contribution is 2.31. The Morgan fingerprint density at radius 1 is 1.67 bits per heavy atom. The quantitative estimate of drug-likeness (QED) is 0.589. The van der Waals surface area contributed by atoms with Crippen LogP contribution in [0.25, 0.3) is 0 Å². The molecule has 0 radical (unpaired) electrons. The molecule has 1 aromatic rings. The Kier molecular flexibility index (Phi) is 1.09. The van der Waals surface area contributed by atoms with Crippen molar-refractivity contribution in [2.45, 2.75) is 4.90 Å². The van der Waals surface area contributed by atoms with Crippen molar-refractivity contribution in [3.63, 3.8) is 0 Å². The normalized spacial score (nSPS) is 14.7. The maximum atomic E-state index is 3.98. The topological polar surface area (TPSA) is 24.9 Å². The summed E-state index contributed by atoms with van der Waals surface area (Å²) < 4.78 is 0. The Morgan fingerprint density at radius 3 is 3.56 bits per heavy atom. The first kappa shape index (κ1) is 5.11. The molecule has 0 bridgehead atoms. The van der Waals surface area contributed by atoms with Gasteiger partial charge in [-0.25, -0.2) is 0 Å². The van der Waals surface area contributed by atoms with Crippen molar-refractivity contribution in [1.29, 1.82) is 0 Å². The van der Waals surface area contributed by atoms with Gasteiger partial charge in [-0.2, -0.15) is 0 Å². The zero-order chi connectivity index (χ0) is 6.10. The summed E-state index contributed by atoms with van der Waals surface area (Å²) in [7, 11) is 0. The molecule has 1 aliphatic heterocycles. The summed E-state index contributed by atoms with van der Waals surface area (Å²) in [6, 6.07) is 2.03. The Labute approximate surface area is 57.7 Å². The first-order chi connectivity index (χ1) is 4.47. The van der Waals surface area contributed by atoms with Gasteiger partial charge in [0.2, 0.25) is 0 Å². The van der Waals surface area contributed by atoms with Crippen molar-refractivity contribution in [3.05, 3.63) is 18.5 Å². The van der Waals surface area contributed by atoms with E-state index >= 15 is 0 Å². The van der Waals surface area contributed by atoms with Gasteiger partial charge in [0.15, 0.2) is 0 Å². The van der Waals surface area contributed by atoms with Crippen LogP contribution in [0.5, 0.6) is 0 Å². The van der Waals surface area contributed by atoms with E-state index in [0.29, 0.717) is 0 Å². The largest absolute Gasteiger partial charge is 0.374 e. The number of nitrogens with zero attached hydrogens (tertiary/aromatic N) is 1. The molecular weight excluding hydrogens is 132 g/mol. The summed E-state index contributed by atoms with van der Waals surface area (Å²) in [5, 5.41) is 3.20. The standard InChI is InChI=1S/C6H6N2S/c1-2-7-3-5-6(1)9-4-8-5/h1-3,8H,4H2. The SMILES string of the molecule is c1cc2c(cn1)NCS2. The van der Waals surface area contributed by atoms with Crippen LogP contribution in [0.2, 0.25) is 0 Å². The van der Waals surface area contributed by atoms with Gasteiger partial charge in [0.25, 0.3) is 0 Å². The maximum absolute atomic E-state index is 3.98. The second-order valence-electron chi connectivity index (χ2n) is 1.84. The lowest BCUT2D eigenvalue weighted by Gasteiger charge is -1.92. The van der Waals surface area contributed by atoms with Crippen LogP contribution in [-0.2, 0) is 0 Å². The number of hydrogen-bond acceptors (Lipinski definition) is 3. The van der Waals surface area contributed by atoms with Crippen LogP contribution >= 0.6 is 11.8 Å². The van der Waals surface area contributed by atoms with Crippen molar-refractivity contribution in [2.24, 2.45) is 0 Å². The molecule has 9 heavy (non-hydrogen) atoms. The highest BCUT2D eigenvalue weighted by Gasteiger charge is 2.07. The van der Waals surface area contributed by atoms with E-state index in [0.717, 1.165) is 5.88 Å². The molecule has 0 atom stereocenters. The number of fused-ring (bicyclic) bond motifs is 1. The number of nitrogens with one attached hydrogen (secondary N) is 1. The zero-order valence-electron chi connectivity index (χ0n) is 4.79. The smallest absolute Gasteiger partial charge is 0.0672 e. The fourth-order valence-electron chi connectivity index (χ4n) is 0.832. The average Bonchev–Trinajstić information content (AvgIpc) is 2.33. The molecule has 1 N–H and O–H groups in total. The molecule has 0 aliphatic carbocycles. The van der Waals surface area contributed by atoms with E-state index in [1.807, 2.05) is 30.2 Å². The van der Waals surface area contributed by atoms with Gasteiger partial charge < -0.3 is 5.32 Å². The maximum Gasteiger partial charge on any atom is 0.0672 e. The average molecular weight is 138 g/mol. The highest BCUT2D eigenvalue weighted by molar-refractivity contribution is 7.99. The molecule has 2 heterocycles. The molecule has 1 aromatic heterocycles. The van der Waals surface area contributed by atoms with Gasteiger partial charge in [-0.15, -0.1) is 11.8 Å². The van der Waals surface area contributed by atoms with Gasteiger partial charge in [-0.05, 0) is 6.07 Å². The Bertz CT molecular complexity index is 201. The number of rotatable bonds is 0. The molecule has 2 nitrogen and oxygen atoms in total. The van der Waals surface area contributed by atoms with Crippen LogP contribution < -0.4 is 5.32 Å². The monoisotopic (exact) mass is 138 g/mol. The Hall–Kier alpha value is -0.700. The van der Waals surface area contributed by atoms with Gasteiger partial charge in [-0.3, -0.25) is 4.98 Å². The zero-order valence-corrected chi connectivity index (χ0v) is 5.61. The van der Waals surface area contributed by atoms with Gasteiger partial charge >= 0.3 is 0 Å². The first-order valence-electron chi connectivity index (χ1n) is 2.77. The lowest BCUT2D eigenvalue weighted by molar-refractivity contribution is 1.26. The van der Waals surface area contributed by atoms with E-state index in [4.69, 9.17) is 0 Å². The van der Waals surface area contributed by atoms with Crippen LogP contribution in [0.3, 0.4) is 0 Å². The van der Waals surface area contributed by atoms with Gasteiger partial charge in [0.1, 0.15) is 0 Å². The third-order valence-corrected chi connectivity index (χ3v) is 2.23. The van der Waals surface area contributed by atoms with Crippen LogP contribution in [0.15, 0.2) is 23.4 Å². The van der Waals surface area contributed by atoms with Crippen molar-refractivity contribution < 1.29 is 0 Å². The molecule has 0 saturated carbocycles. The summed E-state index contributed by atoms with van der Waals surface area (Å²) in [6.45, 7) is 0. The number of pyridine rings is 1. The minimum Gasteiger partial charge on any atom is -0.374 e. The molecule has 0 fully saturated rings. The molecule has 3 heteroatoms. The van der Waals surface area contributed by atoms with E-state index in [2.05, 4.69) is 10.3 Å². The van der Waals surface area contributed by atoms with E-state index in [-0.39, 0.29) is 0 Å².